The molecule has 5 nitrogen and oxygen atoms in total. The van der Waals surface area contributed by atoms with Crippen molar-refractivity contribution in [3.8, 4) is 0 Å². The van der Waals surface area contributed by atoms with Crippen LogP contribution in [0.3, 0.4) is 0 Å². The van der Waals surface area contributed by atoms with Crippen LogP contribution in [0.2, 0.25) is 0 Å². The van der Waals surface area contributed by atoms with Gasteiger partial charge in [-0.1, -0.05) is 30.3 Å². The Morgan fingerprint density at radius 3 is 2.86 bits per heavy atom. The van der Waals surface area contributed by atoms with E-state index in [4.69, 9.17) is 14.2 Å². The van der Waals surface area contributed by atoms with E-state index in [1.807, 2.05) is 30.3 Å². The summed E-state index contributed by atoms with van der Waals surface area (Å²) in [6.45, 7) is 2.66. The summed E-state index contributed by atoms with van der Waals surface area (Å²) < 4.78 is 16.0. The number of rotatable bonds is 8. The third-order valence-corrected chi connectivity index (χ3v) is 3.47. The molecule has 2 atom stereocenters. The molecule has 0 aromatic heterocycles. The highest BCUT2D eigenvalue weighted by Crippen LogP contribution is 2.12. The summed E-state index contributed by atoms with van der Waals surface area (Å²) in [4.78, 5) is 11.3. The summed E-state index contributed by atoms with van der Waals surface area (Å²) in [6, 6.07) is 9.88. The molecule has 1 heterocycles. The van der Waals surface area contributed by atoms with Gasteiger partial charge in [0, 0.05) is 26.2 Å². The minimum Gasteiger partial charge on any atom is -0.468 e. The Balaban J connectivity index is 1.50. The lowest BCUT2D eigenvalue weighted by Gasteiger charge is -2.11. The van der Waals surface area contributed by atoms with Crippen molar-refractivity contribution < 1.29 is 19.0 Å². The van der Waals surface area contributed by atoms with E-state index in [1.54, 1.807) is 0 Å². The van der Waals surface area contributed by atoms with Gasteiger partial charge in [0.25, 0.3) is 0 Å². The maximum Gasteiger partial charge on any atom is 0.322 e. The van der Waals surface area contributed by atoms with Crippen molar-refractivity contribution in [1.29, 1.82) is 0 Å². The molecular weight excluding hydrogens is 270 g/mol. The maximum atomic E-state index is 11.3. The third kappa shape index (κ3) is 5.46. The second-order valence-corrected chi connectivity index (χ2v) is 5.10. The van der Waals surface area contributed by atoms with E-state index < -0.39 is 0 Å². The van der Waals surface area contributed by atoms with Gasteiger partial charge in [0.1, 0.15) is 6.04 Å². The zero-order valence-electron chi connectivity index (χ0n) is 12.4. The lowest BCUT2D eigenvalue weighted by atomic mass is 10.2. The monoisotopic (exact) mass is 293 g/mol. The van der Waals surface area contributed by atoms with Crippen LogP contribution in [-0.2, 0) is 25.6 Å². The average molecular weight is 293 g/mol. The molecule has 0 aliphatic carbocycles. The molecule has 0 unspecified atom stereocenters. The Labute approximate surface area is 125 Å². The molecule has 116 valence electrons. The molecule has 2 rings (SSSR count). The third-order valence-electron chi connectivity index (χ3n) is 3.47. The van der Waals surface area contributed by atoms with Gasteiger partial charge >= 0.3 is 5.97 Å². The molecule has 0 radical (unpaired) electrons. The highest BCUT2D eigenvalue weighted by atomic mass is 16.5. The fourth-order valence-electron chi connectivity index (χ4n) is 2.33. The van der Waals surface area contributed by atoms with Crippen LogP contribution in [0.1, 0.15) is 18.4 Å². The molecule has 1 fully saturated rings. The zero-order valence-corrected chi connectivity index (χ0v) is 12.4. The first kappa shape index (κ1) is 15.9. The van der Waals surface area contributed by atoms with Crippen molar-refractivity contribution in [2.75, 3.05) is 26.9 Å². The molecule has 0 amide bonds. The van der Waals surface area contributed by atoms with E-state index in [-0.39, 0.29) is 18.1 Å². The molecule has 0 bridgehead atoms. The highest BCUT2D eigenvalue weighted by molar-refractivity contribution is 5.76. The topological polar surface area (TPSA) is 56.8 Å². The first-order valence-electron chi connectivity index (χ1n) is 7.34. The minimum atomic E-state index is -0.227. The minimum absolute atomic E-state index is 0.0863. The van der Waals surface area contributed by atoms with Gasteiger partial charge in [-0.3, -0.25) is 4.79 Å². The lowest BCUT2D eigenvalue weighted by molar-refractivity contribution is -0.142. The lowest BCUT2D eigenvalue weighted by Crippen LogP contribution is -2.31. The van der Waals surface area contributed by atoms with Crippen LogP contribution >= 0.6 is 0 Å². The van der Waals surface area contributed by atoms with Gasteiger partial charge in [0.05, 0.1) is 19.8 Å². The van der Waals surface area contributed by atoms with Crippen LogP contribution in [0.5, 0.6) is 0 Å². The smallest absolute Gasteiger partial charge is 0.322 e. The van der Waals surface area contributed by atoms with E-state index in [1.165, 1.54) is 12.7 Å². The molecular formula is C16H23NO4. The molecule has 0 saturated carbocycles. The highest BCUT2D eigenvalue weighted by Gasteiger charge is 2.30. The number of methoxy groups -OCH3 is 1. The zero-order chi connectivity index (χ0) is 14.9. The number of esters is 1. The summed E-state index contributed by atoms with van der Waals surface area (Å²) in [7, 11) is 1.41. The van der Waals surface area contributed by atoms with Crippen LogP contribution in [0.4, 0.5) is 0 Å². The van der Waals surface area contributed by atoms with Gasteiger partial charge in [0.15, 0.2) is 0 Å². The SMILES string of the molecule is COC(=O)[C@H]1C[C@@H](OCCCOCc2ccccc2)CN1. The predicted octanol–water partition coefficient (Wildman–Crippen LogP) is 1.51. The number of carbonyl (C=O) groups is 1. The normalized spacial score (nSPS) is 21.4. The number of hydrogen-bond donors (Lipinski definition) is 1. The van der Waals surface area contributed by atoms with E-state index in [0.717, 1.165) is 6.42 Å². The van der Waals surface area contributed by atoms with E-state index in [9.17, 15) is 4.79 Å². The van der Waals surface area contributed by atoms with Gasteiger partial charge in [-0.05, 0) is 12.0 Å². The summed E-state index contributed by atoms with van der Waals surface area (Å²) >= 11 is 0. The van der Waals surface area contributed by atoms with Crippen molar-refractivity contribution in [3.63, 3.8) is 0 Å². The fraction of sp³-hybridized carbons (Fsp3) is 0.562. The molecule has 1 aliphatic heterocycles. The molecule has 1 aliphatic rings. The van der Waals surface area contributed by atoms with Crippen molar-refractivity contribution in [2.24, 2.45) is 0 Å². The molecule has 1 saturated heterocycles. The maximum absolute atomic E-state index is 11.3. The van der Waals surface area contributed by atoms with Crippen LogP contribution in [0.25, 0.3) is 0 Å². The number of benzene rings is 1. The molecule has 0 spiro atoms. The Bertz CT molecular complexity index is 424. The Hall–Kier alpha value is -1.43. The first-order valence-corrected chi connectivity index (χ1v) is 7.34. The molecule has 21 heavy (non-hydrogen) atoms. The second-order valence-electron chi connectivity index (χ2n) is 5.10. The van der Waals surface area contributed by atoms with Crippen LogP contribution < -0.4 is 5.32 Å². The standard InChI is InChI=1S/C16H23NO4/c1-19-16(18)15-10-14(11-17-15)21-9-5-8-20-12-13-6-3-2-4-7-13/h2-4,6-7,14-15,17H,5,8-12H2,1H3/t14-,15-/m1/s1. The van der Waals surface area contributed by atoms with Gasteiger partial charge < -0.3 is 19.5 Å². The van der Waals surface area contributed by atoms with Gasteiger partial charge in [0.2, 0.25) is 0 Å². The van der Waals surface area contributed by atoms with Crippen molar-refractivity contribution in [3.05, 3.63) is 35.9 Å². The van der Waals surface area contributed by atoms with E-state index >= 15 is 0 Å². The summed E-state index contributed by atoms with van der Waals surface area (Å²) in [6.07, 6.45) is 1.62. The molecule has 1 N–H and O–H groups in total. The van der Waals surface area contributed by atoms with Crippen molar-refractivity contribution >= 4 is 5.97 Å². The van der Waals surface area contributed by atoms with Crippen LogP contribution in [-0.4, -0.2) is 45.0 Å². The van der Waals surface area contributed by atoms with Gasteiger partial charge in [-0.15, -0.1) is 0 Å². The average Bonchev–Trinajstić information content (AvgIpc) is 3.00. The van der Waals surface area contributed by atoms with Crippen molar-refractivity contribution in [1.82, 2.24) is 5.32 Å². The predicted molar refractivity (Wildman–Crippen MR) is 78.9 cm³/mol. The summed E-state index contributed by atoms with van der Waals surface area (Å²) in [5, 5.41) is 3.10. The quantitative estimate of drug-likeness (QED) is 0.581. The molecule has 5 heteroatoms. The summed E-state index contributed by atoms with van der Waals surface area (Å²) in [5.74, 6) is -0.215. The second kappa shape index (κ2) is 8.77. The Kier molecular flexibility index (Phi) is 6.66. The number of carbonyl (C=O) groups excluding carboxylic acids is 1. The van der Waals surface area contributed by atoms with Crippen LogP contribution in [0, 0.1) is 0 Å². The van der Waals surface area contributed by atoms with E-state index in [0.29, 0.717) is 32.8 Å². The van der Waals surface area contributed by atoms with Crippen molar-refractivity contribution in [2.45, 2.75) is 31.6 Å². The number of nitrogens with one attached hydrogen (secondary N) is 1. The fourth-order valence-corrected chi connectivity index (χ4v) is 2.33. The Morgan fingerprint density at radius 1 is 1.29 bits per heavy atom. The largest absolute Gasteiger partial charge is 0.468 e. The van der Waals surface area contributed by atoms with E-state index in [2.05, 4.69) is 5.32 Å². The molecule has 1 aromatic rings. The number of ether oxygens (including phenoxy) is 3. The van der Waals surface area contributed by atoms with Gasteiger partial charge in [-0.25, -0.2) is 0 Å². The van der Waals surface area contributed by atoms with Crippen LogP contribution in [0.15, 0.2) is 30.3 Å². The number of hydrogen-bond acceptors (Lipinski definition) is 5. The summed E-state index contributed by atoms with van der Waals surface area (Å²) in [5.41, 5.74) is 1.18. The molecule has 1 aromatic carbocycles. The van der Waals surface area contributed by atoms with Gasteiger partial charge in [-0.2, -0.15) is 0 Å². The first-order chi connectivity index (χ1) is 10.3. The Morgan fingerprint density at radius 2 is 2.10 bits per heavy atom.